The Hall–Kier alpha value is -1.10. The smallest absolute Gasteiger partial charge is 0.304 e. The molecule has 0 aromatic carbocycles. The van der Waals surface area contributed by atoms with Crippen molar-refractivity contribution in [2.75, 3.05) is 6.54 Å². The van der Waals surface area contributed by atoms with E-state index in [0.717, 1.165) is 19.4 Å². The number of carbonyl (C=O) groups is 2. The van der Waals surface area contributed by atoms with Crippen LogP contribution in [0.4, 0.5) is 0 Å². The molecule has 0 aliphatic rings. The maximum absolute atomic E-state index is 10.8. The minimum Gasteiger partial charge on any atom is -0.481 e. The van der Waals surface area contributed by atoms with E-state index in [-0.39, 0.29) is 18.9 Å². The van der Waals surface area contributed by atoms with Crippen LogP contribution in [0.1, 0.15) is 90.4 Å². The molecule has 0 rings (SSSR count). The zero-order valence-corrected chi connectivity index (χ0v) is 14.7. The summed E-state index contributed by atoms with van der Waals surface area (Å²) in [5, 5.41) is 20.7. The molecule has 0 saturated carbocycles. The van der Waals surface area contributed by atoms with Gasteiger partial charge < -0.3 is 15.5 Å². The molecule has 3 N–H and O–H groups in total. The Bertz CT molecular complexity index is 307. The molecule has 0 fully saturated rings. The average Bonchev–Trinajstić information content (AvgIpc) is 2.49. The number of rotatable bonds is 17. The standard InChI is InChI=1S/C18H35NO4/c1-2-3-4-5-6-7-8-9-10-11-14-19-16(15-18(22)23)12-13-17(20)21/h16,19H,2-15H2,1H3,(H,20,21)(H,22,23). The summed E-state index contributed by atoms with van der Waals surface area (Å²) >= 11 is 0. The highest BCUT2D eigenvalue weighted by Gasteiger charge is 2.13. The van der Waals surface area contributed by atoms with E-state index in [1.165, 1.54) is 51.4 Å². The van der Waals surface area contributed by atoms with Gasteiger partial charge in [0, 0.05) is 12.5 Å². The SMILES string of the molecule is CCCCCCCCCCCCNC(CCC(=O)O)CC(=O)O. The summed E-state index contributed by atoms with van der Waals surface area (Å²) in [7, 11) is 0. The van der Waals surface area contributed by atoms with Crippen LogP contribution in [-0.2, 0) is 9.59 Å². The lowest BCUT2D eigenvalue weighted by Gasteiger charge is -2.15. The molecule has 5 nitrogen and oxygen atoms in total. The molecule has 136 valence electrons. The Balaban J connectivity index is 3.50. The van der Waals surface area contributed by atoms with E-state index in [1.54, 1.807) is 0 Å². The second-order valence-corrected chi connectivity index (χ2v) is 6.36. The number of unbranched alkanes of at least 4 members (excludes halogenated alkanes) is 9. The first kappa shape index (κ1) is 21.9. The van der Waals surface area contributed by atoms with Crippen LogP contribution in [0.3, 0.4) is 0 Å². The zero-order valence-electron chi connectivity index (χ0n) is 14.7. The lowest BCUT2D eigenvalue weighted by molar-refractivity contribution is -0.139. The summed E-state index contributed by atoms with van der Waals surface area (Å²) in [5.74, 6) is -1.75. The first-order valence-corrected chi connectivity index (χ1v) is 9.23. The Morgan fingerprint density at radius 3 is 1.83 bits per heavy atom. The molecule has 0 spiro atoms. The quantitative estimate of drug-likeness (QED) is 0.348. The molecule has 0 aromatic heterocycles. The number of hydrogen-bond acceptors (Lipinski definition) is 3. The largest absolute Gasteiger partial charge is 0.481 e. The lowest BCUT2D eigenvalue weighted by Crippen LogP contribution is -2.32. The highest BCUT2D eigenvalue weighted by Crippen LogP contribution is 2.10. The van der Waals surface area contributed by atoms with Crippen LogP contribution >= 0.6 is 0 Å². The van der Waals surface area contributed by atoms with Crippen LogP contribution in [0.2, 0.25) is 0 Å². The van der Waals surface area contributed by atoms with E-state index in [1.807, 2.05) is 0 Å². The second-order valence-electron chi connectivity index (χ2n) is 6.36. The monoisotopic (exact) mass is 329 g/mol. The van der Waals surface area contributed by atoms with Crippen molar-refractivity contribution in [3.63, 3.8) is 0 Å². The van der Waals surface area contributed by atoms with Crippen molar-refractivity contribution < 1.29 is 19.8 Å². The third-order valence-electron chi connectivity index (χ3n) is 4.09. The molecule has 5 heteroatoms. The highest BCUT2D eigenvalue weighted by molar-refractivity contribution is 5.68. The summed E-state index contributed by atoms with van der Waals surface area (Å²) < 4.78 is 0. The summed E-state index contributed by atoms with van der Waals surface area (Å²) in [5.41, 5.74) is 0. The molecule has 0 aromatic rings. The maximum Gasteiger partial charge on any atom is 0.304 e. The van der Waals surface area contributed by atoms with Gasteiger partial charge in [-0.1, -0.05) is 64.7 Å². The maximum atomic E-state index is 10.8. The van der Waals surface area contributed by atoms with Crippen LogP contribution in [-0.4, -0.2) is 34.7 Å². The molecule has 0 aliphatic heterocycles. The first-order chi connectivity index (χ1) is 11.1. The van der Waals surface area contributed by atoms with Gasteiger partial charge in [0.05, 0.1) is 6.42 Å². The predicted octanol–water partition coefficient (Wildman–Crippen LogP) is 4.21. The second kappa shape index (κ2) is 15.8. The number of nitrogens with one attached hydrogen (secondary N) is 1. The Morgan fingerprint density at radius 1 is 0.826 bits per heavy atom. The van der Waals surface area contributed by atoms with Crippen molar-refractivity contribution in [1.82, 2.24) is 5.32 Å². The van der Waals surface area contributed by atoms with Crippen LogP contribution in [0.15, 0.2) is 0 Å². The Kier molecular flexibility index (Phi) is 15.0. The Morgan fingerprint density at radius 2 is 1.35 bits per heavy atom. The summed E-state index contributed by atoms with van der Waals surface area (Å²) in [4.78, 5) is 21.3. The molecule has 1 unspecified atom stereocenters. The van der Waals surface area contributed by atoms with Crippen LogP contribution < -0.4 is 5.32 Å². The van der Waals surface area contributed by atoms with Gasteiger partial charge in [0.15, 0.2) is 0 Å². The number of carboxylic acid groups (broad SMARTS) is 2. The van der Waals surface area contributed by atoms with Gasteiger partial charge in [-0.05, 0) is 19.4 Å². The van der Waals surface area contributed by atoms with E-state index in [2.05, 4.69) is 12.2 Å². The van der Waals surface area contributed by atoms with Gasteiger partial charge in [-0.25, -0.2) is 0 Å². The van der Waals surface area contributed by atoms with Gasteiger partial charge in [-0.15, -0.1) is 0 Å². The van der Waals surface area contributed by atoms with E-state index in [0.29, 0.717) is 6.42 Å². The number of hydrogen-bond donors (Lipinski definition) is 3. The normalized spacial score (nSPS) is 12.2. The summed E-state index contributed by atoms with van der Waals surface area (Å²) in [6, 6.07) is -0.234. The number of aliphatic carboxylic acids is 2. The fraction of sp³-hybridized carbons (Fsp3) is 0.889. The van der Waals surface area contributed by atoms with E-state index in [4.69, 9.17) is 10.2 Å². The van der Waals surface area contributed by atoms with Crippen molar-refractivity contribution in [2.24, 2.45) is 0 Å². The van der Waals surface area contributed by atoms with Gasteiger partial charge in [0.1, 0.15) is 0 Å². The average molecular weight is 329 g/mol. The summed E-state index contributed by atoms with van der Waals surface area (Å²) in [6.45, 7) is 3.00. The fourth-order valence-corrected chi connectivity index (χ4v) is 2.70. The minimum atomic E-state index is -0.879. The van der Waals surface area contributed by atoms with Crippen molar-refractivity contribution in [2.45, 2.75) is 96.4 Å². The van der Waals surface area contributed by atoms with Crippen molar-refractivity contribution in [1.29, 1.82) is 0 Å². The molecule has 0 heterocycles. The lowest BCUT2D eigenvalue weighted by atomic mass is 10.1. The molecular weight excluding hydrogens is 294 g/mol. The van der Waals surface area contributed by atoms with Crippen LogP contribution in [0.25, 0.3) is 0 Å². The van der Waals surface area contributed by atoms with Crippen molar-refractivity contribution in [3.8, 4) is 0 Å². The molecule has 23 heavy (non-hydrogen) atoms. The van der Waals surface area contributed by atoms with Gasteiger partial charge >= 0.3 is 11.9 Å². The number of carboxylic acids is 2. The fourth-order valence-electron chi connectivity index (χ4n) is 2.70. The van der Waals surface area contributed by atoms with Crippen molar-refractivity contribution in [3.05, 3.63) is 0 Å². The molecule has 0 bridgehead atoms. The van der Waals surface area contributed by atoms with E-state index >= 15 is 0 Å². The van der Waals surface area contributed by atoms with Crippen LogP contribution in [0, 0.1) is 0 Å². The van der Waals surface area contributed by atoms with Gasteiger partial charge in [-0.3, -0.25) is 9.59 Å². The van der Waals surface area contributed by atoms with E-state index in [9.17, 15) is 9.59 Å². The van der Waals surface area contributed by atoms with Gasteiger partial charge in [0.2, 0.25) is 0 Å². The summed E-state index contributed by atoms with van der Waals surface area (Å²) in [6.07, 6.45) is 13.1. The van der Waals surface area contributed by atoms with Crippen LogP contribution in [0.5, 0.6) is 0 Å². The molecule has 0 radical (unpaired) electrons. The molecular formula is C18H35NO4. The minimum absolute atomic E-state index is 0.00889. The predicted molar refractivity (Wildman–Crippen MR) is 92.8 cm³/mol. The van der Waals surface area contributed by atoms with E-state index < -0.39 is 11.9 Å². The molecule has 1 atom stereocenters. The third kappa shape index (κ3) is 17.1. The Labute approximate surface area is 140 Å². The molecule has 0 amide bonds. The highest BCUT2D eigenvalue weighted by atomic mass is 16.4. The molecule has 0 aliphatic carbocycles. The first-order valence-electron chi connectivity index (χ1n) is 9.23. The van der Waals surface area contributed by atoms with Gasteiger partial charge in [-0.2, -0.15) is 0 Å². The molecule has 0 saturated heterocycles. The topological polar surface area (TPSA) is 86.6 Å². The van der Waals surface area contributed by atoms with Crippen molar-refractivity contribution >= 4 is 11.9 Å². The third-order valence-corrected chi connectivity index (χ3v) is 4.09. The zero-order chi connectivity index (χ0) is 17.3. The van der Waals surface area contributed by atoms with Gasteiger partial charge in [0.25, 0.3) is 0 Å².